The SMILES string of the molecule is CCNc1nc(Nc2ccc3c(c2)OCO3)c2ncn(-c3ccccc3)c2n1. The van der Waals surface area contributed by atoms with Crippen molar-refractivity contribution in [2.24, 2.45) is 0 Å². The second kappa shape index (κ2) is 6.73. The number of nitrogens with zero attached hydrogens (tertiary/aromatic N) is 4. The smallest absolute Gasteiger partial charge is 0.231 e. The lowest BCUT2D eigenvalue weighted by atomic mass is 10.2. The molecule has 28 heavy (non-hydrogen) atoms. The molecule has 0 unspecified atom stereocenters. The summed E-state index contributed by atoms with van der Waals surface area (Å²) in [4.78, 5) is 13.8. The minimum Gasteiger partial charge on any atom is -0.454 e. The second-order valence-corrected chi connectivity index (χ2v) is 6.24. The maximum absolute atomic E-state index is 5.46. The fraction of sp³-hybridized carbons (Fsp3) is 0.150. The Bertz CT molecular complexity index is 1140. The van der Waals surface area contributed by atoms with E-state index in [1.807, 2.05) is 60.0 Å². The van der Waals surface area contributed by atoms with Crippen LogP contribution in [0.3, 0.4) is 0 Å². The summed E-state index contributed by atoms with van der Waals surface area (Å²) < 4.78 is 12.8. The zero-order valence-corrected chi connectivity index (χ0v) is 15.2. The van der Waals surface area contributed by atoms with Crippen molar-refractivity contribution in [3.05, 3.63) is 54.9 Å². The summed E-state index contributed by atoms with van der Waals surface area (Å²) >= 11 is 0. The molecule has 0 amide bonds. The monoisotopic (exact) mass is 374 g/mol. The third kappa shape index (κ3) is 2.84. The number of aromatic nitrogens is 4. The molecule has 1 aliphatic heterocycles. The molecular weight excluding hydrogens is 356 g/mol. The van der Waals surface area contributed by atoms with Gasteiger partial charge < -0.3 is 20.1 Å². The average molecular weight is 374 g/mol. The van der Waals surface area contributed by atoms with E-state index >= 15 is 0 Å². The van der Waals surface area contributed by atoms with Crippen molar-refractivity contribution in [2.75, 3.05) is 24.0 Å². The van der Waals surface area contributed by atoms with Gasteiger partial charge in [0.2, 0.25) is 12.7 Å². The van der Waals surface area contributed by atoms with Crippen LogP contribution < -0.4 is 20.1 Å². The first-order chi connectivity index (χ1) is 13.8. The molecule has 0 saturated heterocycles. The standard InChI is InChI=1S/C20H18N6O2/c1-2-21-20-24-18(23-13-8-9-15-16(10-13)28-12-27-15)17-19(25-20)26(11-22-17)14-6-4-3-5-7-14/h3-11H,2,12H2,1H3,(H2,21,23,24,25). The number of rotatable bonds is 5. The van der Waals surface area contributed by atoms with E-state index in [1.165, 1.54) is 0 Å². The highest BCUT2D eigenvalue weighted by Crippen LogP contribution is 2.35. The quantitative estimate of drug-likeness (QED) is 0.550. The number of fused-ring (bicyclic) bond motifs is 2. The fourth-order valence-electron chi connectivity index (χ4n) is 3.11. The minimum atomic E-state index is 0.239. The van der Waals surface area contributed by atoms with E-state index in [9.17, 15) is 0 Å². The van der Waals surface area contributed by atoms with E-state index in [0.29, 0.717) is 29.6 Å². The number of benzene rings is 2. The van der Waals surface area contributed by atoms with Crippen molar-refractivity contribution in [3.8, 4) is 17.2 Å². The summed E-state index contributed by atoms with van der Waals surface area (Å²) in [5.41, 5.74) is 3.23. The van der Waals surface area contributed by atoms with Gasteiger partial charge in [0, 0.05) is 24.0 Å². The van der Waals surface area contributed by atoms with Gasteiger partial charge in [-0.3, -0.25) is 4.57 Å². The largest absolute Gasteiger partial charge is 0.454 e. The maximum atomic E-state index is 5.46. The van der Waals surface area contributed by atoms with E-state index in [0.717, 1.165) is 22.8 Å². The van der Waals surface area contributed by atoms with Crippen LogP contribution >= 0.6 is 0 Å². The van der Waals surface area contributed by atoms with E-state index in [2.05, 4.69) is 25.6 Å². The van der Waals surface area contributed by atoms with Crippen molar-refractivity contribution < 1.29 is 9.47 Å². The Hall–Kier alpha value is -3.81. The number of ether oxygens (including phenoxy) is 2. The number of imidazole rings is 1. The lowest BCUT2D eigenvalue weighted by Gasteiger charge is -2.10. The predicted molar refractivity (Wildman–Crippen MR) is 107 cm³/mol. The Morgan fingerprint density at radius 1 is 1.04 bits per heavy atom. The van der Waals surface area contributed by atoms with Crippen molar-refractivity contribution in [1.29, 1.82) is 0 Å². The average Bonchev–Trinajstić information content (AvgIpc) is 3.35. The predicted octanol–water partition coefficient (Wildman–Crippen LogP) is 3.72. The van der Waals surface area contributed by atoms with E-state index in [4.69, 9.17) is 9.47 Å². The van der Waals surface area contributed by atoms with Gasteiger partial charge in [-0.1, -0.05) is 18.2 Å². The van der Waals surface area contributed by atoms with Crippen LogP contribution in [0.4, 0.5) is 17.5 Å². The molecule has 4 aromatic rings. The van der Waals surface area contributed by atoms with Gasteiger partial charge in [0.25, 0.3) is 0 Å². The molecule has 0 saturated carbocycles. The molecule has 0 fully saturated rings. The Morgan fingerprint density at radius 2 is 1.89 bits per heavy atom. The zero-order chi connectivity index (χ0) is 18.9. The highest BCUT2D eigenvalue weighted by atomic mass is 16.7. The normalized spacial score (nSPS) is 12.3. The van der Waals surface area contributed by atoms with E-state index in [1.54, 1.807) is 6.33 Å². The number of para-hydroxylation sites is 1. The summed E-state index contributed by atoms with van der Waals surface area (Å²) in [6, 6.07) is 15.7. The first kappa shape index (κ1) is 16.4. The molecule has 1 aliphatic rings. The van der Waals surface area contributed by atoms with Crippen LogP contribution in [0.5, 0.6) is 11.5 Å². The van der Waals surface area contributed by atoms with Gasteiger partial charge in [-0.25, -0.2) is 4.98 Å². The zero-order valence-electron chi connectivity index (χ0n) is 15.2. The highest BCUT2D eigenvalue weighted by Gasteiger charge is 2.17. The molecule has 2 N–H and O–H groups in total. The van der Waals surface area contributed by atoms with Gasteiger partial charge in [0.15, 0.2) is 28.5 Å². The topological polar surface area (TPSA) is 86.1 Å². The number of nitrogens with one attached hydrogen (secondary N) is 2. The fourth-order valence-corrected chi connectivity index (χ4v) is 3.11. The summed E-state index contributed by atoms with van der Waals surface area (Å²) in [6.45, 7) is 2.96. The minimum absolute atomic E-state index is 0.239. The Morgan fingerprint density at radius 3 is 2.75 bits per heavy atom. The highest BCUT2D eigenvalue weighted by molar-refractivity contribution is 5.87. The lowest BCUT2D eigenvalue weighted by molar-refractivity contribution is 0.174. The molecular formula is C20H18N6O2. The summed E-state index contributed by atoms with van der Waals surface area (Å²) in [5, 5.41) is 6.53. The van der Waals surface area contributed by atoms with Crippen LogP contribution in [0.15, 0.2) is 54.9 Å². The number of hydrogen-bond acceptors (Lipinski definition) is 7. The molecule has 5 rings (SSSR count). The molecule has 0 spiro atoms. The first-order valence-corrected chi connectivity index (χ1v) is 9.03. The van der Waals surface area contributed by atoms with Crippen molar-refractivity contribution in [3.63, 3.8) is 0 Å². The van der Waals surface area contributed by atoms with Crippen molar-refractivity contribution >= 4 is 28.6 Å². The Kier molecular flexibility index (Phi) is 3.93. The van der Waals surface area contributed by atoms with Crippen LogP contribution in [-0.2, 0) is 0 Å². The molecule has 2 aromatic heterocycles. The molecule has 2 aromatic carbocycles. The summed E-state index contributed by atoms with van der Waals surface area (Å²) in [5.74, 6) is 2.60. The maximum Gasteiger partial charge on any atom is 0.231 e. The molecule has 0 bridgehead atoms. The number of anilines is 3. The molecule has 3 heterocycles. The Labute approximate surface area is 161 Å². The van der Waals surface area contributed by atoms with E-state index in [-0.39, 0.29) is 6.79 Å². The molecule has 0 aliphatic carbocycles. The van der Waals surface area contributed by atoms with Crippen LogP contribution in [0.1, 0.15) is 6.92 Å². The molecule has 0 radical (unpaired) electrons. The van der Waals surface area contributed by atoms with Gasteiger partial charge in [0.1, 0.15) is 6.33 Å². The third-order valence-electron chi connectivity index (χ3n) is 4.40. The lowest BCUT2D eigenvalue weighted by Crippen LogP contribution is -2.06. The van der Waals surface area contributed by atoms with Gasteiger partial charge in [-0.2, -0.15) is 9.97 Å². The molecule has 8 heteroatoms. The molecule has 0 atom stereocenters. The summed E-state index contributed by atoms with van der Waals surface area (Å²) in [6.07, 6.45) is 1.76. The van der Waals surface area contributed by atoms with Gasteiger partial charge in [0.05, 0.1) is 0 Å². The van der Waals surface area contributed by atoms with Crippen LogP contribution in [0, 0.1) is 0 Å². The number of hydrogen-bond donors (Lipinski definition) is 2. The second-order valence-electron chi connectivity index (χ2n) is 6.24. The Balaban J connectivity index is 1.60. The van der Waals surface area contributed by atoms with Gasteiger partial charge in [-0.05, 0) is 31.2 Å². The van der Waals surface area contributed by atoms with Crippen LogP contribution in [0.2, 0.25) is 0 Å². The molecule has 140 valence electrons. The van der Waals surface area contributed by atoms with Gasteiger partial charge in [-0.15, -0.1) is 0 Å². The van der Waals surface area contributed by atoms with Crippen molar-refractivity contribution in [2.45, 2.75) is 6.92 Å². The molecule has 8 nitrogen and oxygen atoms in total. The van der Waals surface area contributed by atoms with E-state index < -0.39 is 0 Å². The first-order valence-electron chi connectivity index (χ1n) is 9.03. The third-order valence-corrected chi connectivity index (χ3v) is 4.40. The van der Waals surface area contributed by atoms with Crippen LogP contribution in [0.25, 0.3) is 16.9 Å². The van der Waals surface area contributed by atoms with Crippen molar-refractivity contribution in [1.82, 2.24) is 19.5 Å². The van der Waals surface area contributed by atoms with Crippen LogP contribution in [-0.4, -0.2) is 32.9 Å². The van der Waals surface area contributed by atoms with Gasteiger partial charge >= 0.3 is 0 Å². The summed E-state index contributed by atoms with van der Waals surface area (Å²) in [7, 11) is 0.